The van der Waals surface area contributed by atoms with Crippen LogP contribution < -0.4 is 0 Å². The number of nitrogens with zero attached hydrogens (tertiary/aromatic N) is 2. The minimum absolute atomic E-state index is 0.0102. The van der Waals surface area contributed by atoms with Crippen LogP contribution in [0.15, 0.2) is 110 Å². The van der Waals surface area contributed by atoms with Crippen LogP contribution in [0.5, 0.6) is 0 Å². The van der Waals surface area contributed by atoms with Gasteiger partial charge in [-0.1, -0.05) is 52.6 Å². The molecule has 4 aliphatic rings. The topological polar surface area (TPSA) is 337 Å². The van der Waals surface area contributed by atoms with Crippen LogP contribution in [0.4, 0.5) is 0 Å². The summed E-state index contributed by atoms with van der Waals surface area (Å²) in [5, 5.41) is 25.5. The average molecular weight is 1080 g/mol. The second kappa shape index (κ2) is 39.2. The predicted octanol–water partition coefficient (Wildman–Crippen LogP) is 5.81. The first-order valence-corrected chi connectivity index (χ1v) is 23.6. The van der Waals surface area contributed by atoms with Crippen molar-refractivity contribution in [3.05, 3.63) is 110 Å². The van der Waals surface area contributed by atoms with Gasteiger partial charge in [0.15, 0.2) is 0 Å². The monoisotopic (exact) mass is 1080 g/mol. The average Bonchev–Trinajstić information content (AvgIpc) is 4.29. The van der Waals surface area contributed by atoms with E-state index < -0.39 is 66.1 Å². The molecule has 0 aliphatic carbocycles. The van der Waals surface area contributed by atoms with Crippen molar-refractivity contribution in [2.24, 2.45) is 0 Å². The summed E-state index contributed by atoms with van der Waals surface area (Å²) in [4.78, 5) is 110. The number of carboxylic acid groups (broad SMARTS) is 1. The van der Waals surface area contributed by atoms with E-state index in [9.17, 15) is 47.9 Å². The van der Waals surface area contributed by atoms with Gasteiger partial charge in [0, 0.05) is 85.0 Å². The largest absolute Gasteiger partial charge is 0.478 e. The summed E-state index contributed by atoms with van der Waals surface area (Å²) in [5.74, 6) is -7.44. The van der Waals surface area contributed by atoms with Crippen LogP contribution in [0.25, 0.3) is 0 Å². The van der Waals surface area contributed by atoms with Gasteiger partial charge in [0.25, 0.3) is 0 Å². The molecule has 0 bridgehead atoms. The Morgan fingerprint density at radius 1 is 0.571 bits per heavy atom. The molecule has 0 amide bonds. The zero-order valence-corrected chi connectivity index (χ0v) is 43.4. The van der Waals surface area contributed by atoms with Gasteiger partial charge in [-0.3, -0.25) is 4.79 Å². The molecule has 4 aliphatic heterocycles. The summed E-state index contributed by atoms with van der Waals surface area (Å²) < 4.78 is 48.3. The molecule has 418 valence electrons. The lowest BCUT2D eigenvalue weighted by Gasteiger charge is -2.15. The standard InChI is InChI=1S/C15H19NO4.C15H20O6.C11H12O6.C7H8O3.C6H7NO2/c1-11(6-3-4-8-16)14(17)20-15(18)12(2)10-13-7-5-9-19-13;1-9(6-12-8-20-12)15(18)21-13(10(2)14(16)17)7-11-4-3-5-19-11;1-3-9(12)17-10(13)4-7(2)11(14)16-6-8-5-15-8;1-4-6(8)10-7(9)5(2)3;1-2-6(8)9-5-3-4-7/h13H,1-7,9-10H2;11-12H,1,3-8H2,2H3,(H,16,17);3,8H,1-2,4-6H2;4H,1-2H2,3H3;2H,1,3,5H2. The van der Waals surface area contributed by atoms with Gasteiger partial charge in [0.05, 0.1) is 62.1 Å². The predicted molar refractivity (Wildman–Crippen MR) is 269 cm³/mol. The van der Waals surface area contributed by atoms with Crippen molar-refractivity contribution in [3.8, 4) is 12.1 Å². The summed E-state index contributed by atoms with van der Waals surface area (Å²) in [6, 6.07) is 3.81. The first-order valence-electron chi connectivity index (χ1n) is 23.6. The van der Waals surface area contributed by atoms with Crippen LogP contribution in [0.1, 0.15) is 90.9 Å². The molecule has 0 radical (unpaired) electrons. The fourth-order valence-corrected chi connectivity index (χ4v) is 5.35. The number of hydrogen-bond acceptors (Lipinski definition) is 22. The maximum atomic E-state index is 12.0. The molecule has 0 spiro atoms. The summed E-state index contributed by atoms with van der Waals surface area (Å²) >= 11 is 0. The molecule has 23 nitrogen and oxygen atoms in total. The van der Waals surface area contributed by atoms with E-state index in [1.807, 2.05) is 12.1 Å². The molecule has 0 aromatic heterocycles. The quantitative estimate of drug-likeness (QED) is 0.0214. The first-order chi connectivity index (χ1) is 36.4. The second-order valence-electron chi connectivity index (χ2n) is 16.4. The molecule has 4 heterocycles. The highest BCUT2D eigenvalue weighted by Crippen LogP contribution is 2.25. The van der Waals surface area contributed by atoms with Gasteiger partial charge in [-0.25, -0.2) is 43.2 Å². The summed E-state index contributed by atoms with van der Waals surface area (Å²) in [5.41, 5.74) is 0.853. The van der Waals surface area contributed by atoms with Crippen molar-refractivity contribution in [3.63, 3.8) is 0 Å². The Hall–Kier alpha value is -8.22. The molecule has 0 aromatic carbocycles. The molecule has 4 saturated heterocycles. The van der Waals surface area contributed by atoms with Crippen molar-refractivity contribution in [1.82, 2.24) is 0 Å². The third-order valence-electron chi connectivity index (χ3n) is 9.75. The number of ether oxygens (including phenoxy) is 10. The zero-order valence-electron chi connectivity index (χ0n) is 43.4. The highest BCUT2D eigenvalue weighted by Gasteiger charge is 2.29. The van der Waals surface area contributed by atoms with Gasteiger partial charge >= 0.3 is 59.7 Å². The second-order valence-corrected chi connectivity index (χ2v) is 16.4. The van der Waals surface area contributed by atoms with E-state index in [0.717, 1.165) is 43.9 Å². The Balaban J connectivity index is 0.000000972. The number of hydrogen-bond donors (Lipinski definition) is 1. The first kappa shape index (κ1) is 68.8. The lowest BCUT2D eigenvalue weighted by Crippen LogP contribution is -2.18. The molecular formula is C54H66N2O21. The maximum absolute atomic E-state index is 12.0. The number of epoxide rings is 2. The number of carbonyl (C=O) groups excluding carboxylic acids is 9. The van der Waals surface area contributed by atoms with Gasteiger partial charge < -0.3 is 52.5 Å². The molecule has 4 rings (SSSR count). The Labute approximate surface area is 446 Å². The molecule has 0 saturated carbocycles. The van der Waals surface area contributed by atoms with Gasteiger partial charge in [0.2, 0.25) is 0 Å². The Morgan fingerprint density at radius 3 is 1.53 bits per heavy atom. The molecule has 4 atom stereocenters. The zero-order chi connectivity index (χ0) is 58.5. The van der Waals surface area contributed by atoms with Crippen LogP contribution in [-0.2, 0) is 95.3 Å². The Morgan fingerprint density at radius 2 is 1.06 bits per heavy atom. The van der Waals surface area contributed by atoms with Gasteiger partial charge in [-0.15, -0.1) is 0 Å². The number of rotatable bonds is 25. The van der Waals surface area contributed by atoms with Crippen LogP contribution in [0.3, 0.4) is 0 Å². The van der Waals surface area contributed by atoms with E-state index in [2.05, 4.69) is 66.8 Å². The van der Waals surface area contributed by atoms with Crippen LogP contribution in [0, 0.1) is 22.7 Å². The van der Waals surface area contributed by atoms with Crippen LogP contribution in [0.2, 0.25) is 0 Å². The van der Waals surface area contributed by atoms with E-state index in [1.165, 1.54) is 13.8 Å². The number of carboxylic acids is 1. The number of carbonyl (C=O) groups is 10. The number of esters is 9. The number of nitriles is 2. The normalized spacial score (nSPS) is 17.0. The maximum Gasteiger partial charge on any atom is 0.341 e. The van der Waals surface area contributed by atoms with Gasteiger partial charge in [0.1, 0.15) is 25.1 Å². The third-order valence-corrected chi connectivity index (χ3v) is 9.75. The Kier molecular flexibility index (Phi) is 35.0. The SMILES string of the molecule is C=C(CC1CO1)C(=O)OC(CC1CCCO1)=C(C)C(=O)O.C=C(CCCC#N)C(=O)OC(=O)C(=C)CC1CCCO1.C=CC(=O)OC(=O)C(=C)C.C=CC(=O)OC(=O)CC(=C)C(=O)OCC1CO1.C=CC(=O)OCCC#N. The van der Waals surface area contributed by atoms with Crippen molar-refractivity contribution in [1.29, 1.82) is 10.5 Å². The van der Waals surface area contributed by atoms with Crippen molar-refractivity contribution in [2.75, 3.05) is 39.6 Å². The minimum atomic E-state index is -1.10. The van der Waals surface area contributed by atoms with E-state index in [4.69, 9.17) is 48.8 Å². The number of unbranched alkanes of at least 4 members (excludes halogenated alkanes) is 1. The number of aliphatic carboxylic acids is 1. The van der Waals surface area contributed by atoms with Crippen molar-refractivity contribution < 1.29 is 100 Å². The van der Waals surface area contributed by atoms with Gasteiger partial charge in [-0.2, -0.15) is 10.5 Å². The molecule has 4 fully saturated rings. The van der Waals surface area contributed by atoms with E-state index in [0.29, 0.717) is 64.1 Å². The van der Waals surface area contributed by atoms with E-state index in [1.54, 1.807) is 0 Å². The highest BCUT2D eigenvalue weighted by atomic mass is 16.6. The smallest absolute Gasteiger partial charge is 0.341 e. The van der Waals surface area contributed by atoms with Crippen LogP contribution >= 0.6 is 0 Å². The van der Waals surface area contributed by atoms with E-state index >= 15 is 0 Å². The molecule has 77 heavy (non-hydrogen) atoms. The van der Waals surface area contributed by atoms with E-state index in [-0.39, 0.29) is 84.1 Å². The molecular weight excluding hydrogens is 1010 g/mol. The summed E-state index contributed by atoms with van der Waals surface area (Å²) in [6.07, 6.45) is 8.48. The fourth-order valence-electron chi connectivity index (χ4n) is 5.35. The van der Waals surface area contributed by atoms with Crippen molar-refractivity contribution in [2.45, 2.75) is 115 Å². The summed E-state index contributed by atoms with van der Waals surface area (Å²) in [7, 11) is 0. The summed E-state index contributed by atoms with van der Waals surface area (Å²) in [6.45, 7) is 32.6. The van der Waals surface area contributed by atoms with Crippen LogP contribution in [-0.4, -0.2) is 129 Å². The fraction of sp³-hybridized carbons (Fsp3) is 0.444. The lowest BCUT2D eigenvalue weighted by molar-refractivity contribution is -0.157. The minimum Gasteiger partial charge on any atom is -0.478 e. The Bertz CT molecular complexity index is 2340. The van der Waals surface area contributed by atoms with Gasteiger partial charge in [-0.05, 0) is 52.4 Å². The molecule has 0 aromatic rings. The van der Waals surface area contributed by atoms with Crippen molar-refractivity contribution >= 4 is 59.7 Å². The molecule has 4 unspecified atom stereocenters. The third kappa shape index (κ3) is 34.1. The molecule has 1 N–H and O–H groups in total. The molecule has 23 heteroatoms. The highest BCUT2D eigenvalue weighted by molar-refractivity contribution is 6.01. The lowest BCUT2D eigenvalue weighted by atomic mass is 10.1.